The molecule has 0 bridgehead atoms. The van der Waals surface area contributed by atoms with Crippen molar-refractivity contribution in [2.45, 2.75) is 25.3 Å². The van der Waals surface area contributed by atoms with Crippen molar-refractivity contribution in [2.24, 2.45) is 0 Å². The van der Waals surface area contributed by atoms with Crippen molar-refractivity contribution in [3.8, 4) is 0 Å². The Morgan fingerprint density at radius 3 is 2.41 bits per heavy atom. The number of piperidine rings is 1. The summed E-state index contributed by atoms with van der Waals surface area (Å²) >= 11 is 0. The van der Waals surface area contributed by atoms with Crippen LogP contribution in [-0.4, -0.2) is 50.2 Å². The fourth-order valence-electron chi connectivity index (χ4n) is 2.48. The highest BCUT2D eigenvalue weighted by molar-refractivity contribution is 7.89. The summed E-state index contributed by atoms with van der Waals surface area (Å²) in [4.78, 5) is 12.3. The largest absolute Gasteiger partial charge is 0.306 e. The molecule has 1 fully saturated rings. The molecule has 0 aliphatic carbocycles. The second-order valence-corrected chi connectivity index (χ2v) is 7.56. The van der Waals surface area contributed by atoms with Crippen LogP contribution in [0.5, 0.6) is 0 Å². The number of sulfonamides is 1. The van der Waals surface area contributed by atoms with E-state index in [0.717, 1.165) is 31.5 Å². The highest BCUT2D eigenvalue weighted by Crippen LogP contribution is 2.13. The summed E-state index contributed by atoms with van der Waals surface area (Å²) in [6.45, 7) is 1.80. The van der Waals surface area contributed by atoms with Crippen LogP contribution in [0.25, 0.3) is 0 Å². The SMILES string of the molecule is CN1CCC(NS(=O)(=O)CCc2ccc([N+](=O)[O-])cc2)CC1. The molecule has 0 spiro atoms. The Balaban J connectivity index is 1.85. The summed E-state index contributed by atoms with van der Waals surface area (Å²) in [5, 5.41) is 10.6. The average Bonchev–Trinajstić information content (AvgIpc) is 2.48. The van der Waals surface area contributed by atoms with Crippen molar-refractivity contribution >= 4 is 15.7 Å². The summed E-state index contributed by atoms with van der Waals surface area (Å²) in [7, 11) is -1.30. The van der Waals surface area contributed by atoms with Crippen LogP contribution < -0.4 is 4.72 Å². The number of aryl methyl sites for hydroxylation is 1. The van der Waals surface area contributed by atoms with Gasteiger partial charge in [-0.2, -0.15) is 0 Å². The number of nitro groups is 1. The zero-order valence-corrected chi connectivity index (χ0v) is 13.4. The maximum Gasteiger partial charge on any atom is 0.269 e. The molecule has 1 aliphatic heterocycles. The number of nitrogens with zero attached hydrogens (tertiary/aromatic N) is 2. The lowest BCUT2D eigenvalue weighted by Gasteiger charge is -2.29. The predicted octanol–water partition coefficient (Wildman–Crippen LogP) is 1.15. The van der Waals surface area contributed by atoms with E-state index in [1.54, 1.807) is 12.1 Å². The van der Waals surface area contributed by atoms with Crippen molar-refractivity contribution in [1.29, 1.82) is 0 Å². The van der Waals surface area contributed by atoms with Gasteiger partial charge in [-0.15, -0.1) is 0 Å². The maximum atomic E-state index is 12.1. The van der Waals surface area contributed by atoms with E-state index >= 15 is 0 Å². The first kappa shape index (κ1) is 16.9. The van der Waals surface area contributed by atoms with Gasteiger partial charge in [-0.25, -0.2) is 13.1 Å². The topological polar surface area (TPSA) is 92.6 Å². The van der Waals surface area contributed by atoms with Crippen LogP contribution in [0.15, 0.2) is 24.3 Å². The molecule has 122 valence electrons. The zero-order chi connectivity index (χ0) is 16.2. The van der Waals surface area contributed by atoms with Gasteiger partial charge in [0.15, 0.2) is 0 Å². The molecule has 0 radical (unpaired) electrons. The first-order valence-corrected chi connectivity index (χ1v) is 8.93. The fraction of sp³-hybridized carbons (Fsp3) is 0.571. The van der Waals surface area contributed by atoms with Crippen molar-refractivity contribution in [1.82, 2.24) is 9.62 Å². The molecule has 0 unspecified atom stereocenters. The summed E-state index contributed by atoms with van der Waals surface area (Å²) < 4.78 is 26.9. The van der Waals surface area contributed by atoms with Crippen LogP contribution >= 0.6 is 0 Å². The van der Waals surface area contributed by atoms with E-state index in [1.165, 1.54) is 12.1 Å². The van der Waals surface area contributed by atoms with Crippen molar-refractivity contribution in [3.63, 3.8) is 0 Å². The summed E-state index contributed by atoms with van der Waals surface area (Å²) in [5.74, 6) is -0.00283. The lowest BCUT2D eigenvalue weighted by molar-refractivity contribution is -0.384. The highest BCUT2D eigenvalue weighted by Gasteiger charge is 2.21. The molecule has 0 aromatic heterocycles. The van der Waals surface area contributed by atoms with Gasteiger partial charge in [0.1, 0.15) is 0 Å². The minimum atomic E-state index is -3.33. The number of non-ortho nitro benzene ring substituents is 1. The van der Waals surface area contributed by atoms with Gasteiger partial charge in [0, 0.05) is 18.2 Å². The first-order valence-electron chi connectivity index (χ1n) is 7.27. The van der Waals surface area contributed by atoms with Crippen molar-refractivity contribution in [2.75, 3.05) is 25.9 Å². The van der Waals surface area contributed by atoms with Gasteiger partial charge in [-0.3, -0.25) is 10.1 Å². The minimum absolute atomic E-state index is 0.00283. The van der Waals surface area contributed by atoms with Crippen molar-refractivity contribution < 1.29 is 13.3 Å². The predicted molar refractivity (Wildman–Crippen MR) is 84.2 cm³/mol. The van der Waals surface area contributed by atoms with E-state index in [2.05, 4.69) is 9.62 Å². The number of nitrogens with one attached hydrogen (secondary N) is 1. The monoisotopic (exact) mass is 327 g/mol. The normalized spacial score (nSPS) is 17.5. The number of hydrogen-bond acceptors (Lipinski definition) is 5. The molecule has 0 amide bonds. The van der Waals surface area contributed by atoms with Gasteiger partial charge in [0.2, 0.25) is 10.0 Å². The standard InChI is InChI=1S/C14H21N3O4S/c1-16-9-6-13(7-10-16)15-22(20,21)11-8-12-2-4-14(5-3-12)17(18)19/h2-5,13,15H,6-11H2,1H3. The van der Waals surface area contributed by atoms with Gasteiger partial charge in [0.25, 0.3) is 5.69 Å². The lowest BCUT2D eigenvalue weighted by Crippen LogP contribution is -2.44. The number of nitro benzene ring substituents is 1. The third kappa shape index (κ3) is 5.04. The van der Waals surface area contributed by atoms with Crippen LogP contribution in [0.4, 0.5) is 5.69 Å². The molecule has 1 aliphatic rings. The molecule has 7 nitrogen and oxygen atoms in total. The van der Waals surface area contributed by atoms with E-state index in [0.29, 0.717) is 6.42 Å². The second-order valence-electron chi connectivity index (χ2n) is 5.69. The molecule has 1 aromatic carbocycles. The average molecular weight is 327 g/mol. The highest BCUT2D eigenvalue weighted by atomic mass is 32.2. The lowest BCUT2D eigenvalue weighted by atomic mass is 10.1. The molecule has 0 atom stereocenters. The molecule has 2 rings (SSSR count). The molecular weight excluding hydrogens is 306 g/mol. The molecule has 22 heavy (non-hydrogen) atoms. The molecule has 1 saturated heterocycles. The van der Waals surface area contributed by atoms with Crippen molar-refractivity contribution in [3.05, 3.63) is 39.9 Å². The van der Waals surface area contributed by atoms with Crippen LogP contribution in [0, 0.1) is 10.1 Å². The number of benzene rings is 1. The Morgan fingerprint density at radius 2 is 1.86 bits per heavy atom. The minimum Gasteiger partial charge on any atom is -0.306 e. The Hall–Kier alpha value is -1.51. The Kier molecular flexibility index (Phi) is 5.49. The van der Waals surface area contributed by atoms with Gasteiger partial charge in [0.05, 0.1) is 10.7 Å². The van der Waals surface area contributed by atoms with E-state index < -0.39 is 14.9 Å². The van der Waals surface area contributed by atoms with Gasteiger partial charge < -0.3 is 4.90 Å². The summed E-state index contributed by atoms with van der Waals surface area (Å²) in [5.41, 5.74) is 0.787. The van der Waals surface area contributed by atoms with E-state index in [1.807, 2.05) is 7.05 Å². The van der Waals surface area contributed by atoms with Crippen LogP contribution in [0.2, 0.25) is 0 Å². The Morgan fingerprint density at radius 1 is 1.27 bits per heavy atom. The Labute approximate surface area is 130 Å². The number of rotatable bonds is 6. The number of hydrogen-bond donors (Lipinski definition) is 1. The molecule has 1 aromatic rings. The zero-order valence-electron chi connectivity index (χ0n) is 12.6. The van der Waals surface area contributed by atoms with E-state index in [9.17, 15) is 18.5 Å². The van der Waals surface area contributed by atoms with Crippen LogP contribution in [0.1, 0.15) is 18.4 Å². The van der Waals surface area contributed by atoms with E-state index in [-0.39, 0.29) is 17.5 Å². The van der Waals surface area contributed by atoms with Gasteiger partial charge in [-0.05, 0) is 45.0 Å². The molecule has 0 saturated carbocycles. The smallest absolute Gasteiger partial charge is 0.269 e. The van der Waals surface area contributed by atoms with Gasteiger partial charge in [-0.1, -0.05) is 12.1 Å². The third-order valence-corrected chi connectivity index (χ3v) is 5.31. The maximum absolute atomic E-state index is 12.1. The Bertz CT molecular complexity index is 607. The summed E-state index contributed by atoms with van der Waals surface area (Å²) in [6.07, 6.45) is 2.00. The second kappa shape index (κ2) is 7.17. The van der Waals surface area contributed by atoms with E-state index in [4.69, 9.17) is 0 Å². The molecule has 1 heterocycles. The van der Waals surface area contributed by atoms with Crippen LogP contribution in [-0.2, 0) is 16.4 Å². The van der Waals surface area contributed by atoms with Crippen LogP contribution in [0.3, 0.4) is 0 Å². The molecular formula is C14H21N3O4S. The quantitative estimate of drug-likeness (QED) is 0.625. The molecule has 1 N–H and O–H groups in total. The van der Waals surface area contributed by atoms with Gasteiger partial charge >= 0.3 is 0 Å². The first-order chi connectivity index (χ1) is 10.4. The fourth-order valence-corrected chi connectivity index (χ4v) is 3.84. The number of likely N-dealkylation sites (tertiary alicyclic amines) is 1. The molecule has 8 heteroatoms. The third-order valence-electron chi connectivity index (χ3n) is 3.87. The summed E-state index contributed by atoms with van der Waals surface area (Å²) in [6, 6.07) is 6.00.